The quantitative estimate of drug-likeness (QED) is 0.842. The molecule has 3 nitrogen and oxygen atoms in total. The summed E-state index contributed by atoms with van der Waals surface area (Å²) in [6.45, 7) is 1.76. The van der Waals surface area contributed by atoms with Gasteiger partial charge in [-0.3, -0.25) is 0 Å². The van der Waals surface area contributed by atoms with Gasteiger partial charge in [-0.2, -0.15) is 0 Å². The molecule has 0 unspecified atom stereocenters. The van der Waals surface area contributed by atoms with Crippen molar-refractivity contribution < 1.29 is 14.6 Å². The molecule has 0 bridgehead atoms. The van der Waals surface area contributed by atoms with E-state index in [0.717, 1.165) is 0 Å². The number of carbonyl (C=O) groups is 1. The maximum Gasteiger partial charge on any atom is 0.331 e. The van der Waals surface area contributed by atoms with E-state index in [9.17, 15) is 4.79 Å². The molecule has 94 valence electrons. The molecule has 0 spiro atoms. The first kappa shape index (κ1) is 13.0. The van der Waals surface area contributed by atoms with E-state index in [-0.39, 0.29) is 12.2 Å². The van der Waals surface area contributed by atoms with E-state index in [4.69, 9.17) is 33.0 Å². The van der Waals surface area contributed by atoms with E-state index in [1.54, 1.807) is 18.2 Å². The van der Waals surface area contributed by atoms with Gasteiger partial charge in [-0.15, -0.1) is 0 Å². The van der Waals surface area contributed by atoms with Gasteiger partial charge in [0.2, 0.25) is 0 Å². The van der Waals surface area contributed by atoms with Gasteiger partial charge in [0.05, 0.1) is 5.03 Å². The fourth-order valence-electron chi connectivity index (χ4n) is 1.62. The Morgan fingerprint density at radius 1 is 1.44 bits per heavy atom. The predicted octanol–water partition coefficient (Wildman–Crippen LogP) is 3.71. The molecule has 5 heteroatoms. The number of halogens is 2. The molecular formula is C13H10Cl2O3. The minimum Gasteiger partial charge on any atom is -0.488 e. The highest BCUT2D eigenvalue weighted by molar-refractivity contribution is 6.50. The first-order valence-electron chi connectivity index (χ1n) is 5.22. The second kappa shape index (κ2) is 5.04. The standard InChI is InChI=1S/C13H10Cl2O3/c1-7(13(16)17)4-8-6-18-11-3-2-9(14)5-10(11)12(8)15/h2-5H,6H2,1H3,(H,16,17). The minimum atomic E-state index is -0.983. The van der Waals surface area contributed by atoms with Gasteiger partial charge in [-0.1, -0.05) is 23.2 Å². The van der Waals surface area contributed by atoms with Crippen LogP contribution in [-0.2, 0) is 4.79 Å². The number of rotatable bonds is 2. The number of carboxylic acid groups (broad SMARTS) is 1. The van der Waals surface area contributed by atoms with Crippen LogP contribution in [0.15, 0.2) is 35.4 Å². The zero-order valence-corrected chi connectivity index (χ0v) is 11.0. The van der Waals surface area contributed by atoms with Crippen molar-refractivity contribution >= 4 is 34.2 Å². The number of carboxylic acids is 1. The lowest BCUT2D eigenvalue weighted by Crippen LogP contribution is -2.09. The highest BCUT2D eigenvalue weighted by Crippen LogP contribution is 2.37. The fourth-order valence-corrected chi connectivity index (χ4v) is 2.05. The van der Waals surface area contributed by atoms with Crippen molar-refractivity contribution in [2.75, 3.05) is 6.61 Å². The number of fused-ring (bicyclic) bond motifs is 1. The molecular weight excluding hydrogens is 275 g/mol. The van der Waals surface area contributed by atoms with Crippen molar-refractivity contribution in [2.45, 2.75) is 6.92 Å². The molecule has 1 aromatic rings. The lowest BCUT2D eigenvalue weighted by atomic mass is 10.1. The molecule has 1 heterocycles. The summed E-state index contributed by atoms with van der Waals surface area (Å²) in [6, 6.07) is 5.15. The third-order valence-electron chi connectivity index (χ3n) is 2.57. The van der Waals surface area contributed by atoms with Crippen LogP contribution in [0.2, 0.25) is 5.02 Å². The van der Waals surface area contributed by atoms with E-state index in [1.807, 2.05) is 0 Å². The average molecular weight is 285 g/mol. The van der Waals surface area contributed by atoms with Crippen LogP contribution in [0.4, 0.5) is 0 Å². The summed E-state index contributed by atoms with van der Waals surface area (Å²) in [5.41, 5.74) is 1.52. The minimum absolute atomic E-state index is 0.206. The monoisotopic (exact) mass is 284 g/mol. The lowest BCUT2D eigenvalue weighted by molar-refractivity contribution is -0.132. The Bertz CT molecular complexity index is 574. The van der Waals surface area contributed by atoms with Crippen molar-refractivity contribution in [3.63, 3.8) is 0 Å². The van der Waals surface area contributed by atoms with Crippen LogP contribution in [0, 0.1) is 0 Å². The molecule has 0 amide bonds. The van der Waals surface area contributed by atoms with Crippen LogP contribution >= 0.6 is 23.2 Å². The van der Waals surface area contributed by atoms with Gasteiger partial charge < -0.3 is 9.84 Å². The predicted molar refractivity (Wildman–Crippen MR) is 71.1 cm³/mol. The Morgan fingerprint density at radius 3 is 2.83 bits per heavy atom. The molecule has 0 fully saturated rings. The normalized spacial score (nSPS) is 15.2. The van der Waals surface area contributed by atoms with Crippen LogP contribution in [-0.4, -0.2) is 17.7 Å². The number of ether oxygens (including phenoxy) is 1. The zero-order valence-electron chi connectivity index (χ0n) is 9.54. The van der Waals surface area contributed by atoms with E-state index >= 15 is 0 Å². The highest BCUT2D eigenvalue weighted by atomic mass is 35.5. The van der Waals surface area contributed by atoms with Crippen LogP contribution in [0.25, 0.3) is 5.03 Å². The maximum atomic E-state index is 10.8. The van der Waals surface area contributed by atoms with Crippen LogP contribution < -0.4 is 4.74 Å². The van der Waals surface area contributed by atoms with E-state index < -0.39 is 5.97 Å². The first-order chi connectivity index (χ1) is 8.49. The summed E-state index contributed by atoms with van der Waals surface area (Å²) in [5.74, 6) is -0.335. The number of hydrogen-bond donors (Lipinski definition) is 1. The molecule has 2 rings (SSSR count). The van der Waals surface area contributed by atoms with Crippen molar-refractivity contribution in [3.8, 4) is 5.75 Å². The summed E-state index contributed by atoms with van der Waals surface area (Å²) >= 11 is 12.1. The molecule has 1 aliphatic heterocycles. The molecule has 0 atom stereocenters. The van der Waals surface area contributed by atoms with Gasteiger partial charge in [0.1, 0.15) is 12.4 Å². The van der Waals surface area contributed by atoms with Crippen molar-refractivity contribution in [3.05, 3.63) is 46.0 Å². The van der Waals surface area contributed by atoms with Crippen molar-refractivity contribution in [1.29, 1.82) is 0 Å². The first-order valence-corrected chi connectivity index (χ1v) is 5.97. The molecule has 1 aromatic carbocycles. The molecule has 1 N–H and O–H groups in total. The SMILES string of the molecule is CC(=CC1=C(Cl)c2cc(Cl)ccc2OC1)C(=O)O. The van der Waals surface area contributed by atoms with Gasteiger partial charge in [-0.25, -0.2) is 4.79 Å². The Morgan fingerprint density at radius 2 is 2.17 bits per heavy atom. The number of benzene rings is 1. The topological polar surface area (TPSA) is 46.5 Å². The molecule has 0 aliphatic carbocycles. The molecule has 1 aliphatic rings. The third kappa shape index (κ3) is 2.52. The Balaban J connectivity index is 2.48. The Hall–Kier alpha value is -1.45. The van der Waals surface area contributed by atoms with Gasteiger partial charge in [0.25, 0.3) is 0 Å². The summed E-state index contributed by atoms with van der Waals surface area (Å²) in [6.07, 6.45) is 1.51. The van der Waals surface area contributed by atoms with E-state index in [0.29, 0.717) is 26.9 Å². The smallest absolute Gasteiger partial charge is 0.331 e. The molecule has 18 heavy (non-hydrogen) atoms. The third-order valence-corrected chi connectivity index (χ3v) is 3.25. The van der Waals surface area contributed by atoms with Gasteiger partial charge in [-0.05, 0) is 31.2 Å². The van der Waals surface area contributed by atoms with Crippen molar-refractivity contribution in [1.82, 2.24) is 0 Å². The summed E-state index contributed by atoms with van der Waals surface area (Å²) in [4.78, 5) is 10.8. The van der Waals surface area contributed by atoms with E-state index in [1.165, 1.54) is 13.0 Å². The number of aliphatic carboxylic acids is 1. The highest BCUT2D eigenvalue weighted by Gasteiger charge is 2.18. The lowest BCUT2D eigenvalue weighted by Gasteiger charge is -2.19. The summed E-state index contributed by atoms with van der Waals surface area (Å²) in [5, 5.41) is 9.87. The molecule has 0 radical (unpaired) electrons. The largest absolute Gasteiger partial charge is 0.488 e. The zero-order chi connectivity index (χ0) is 13.3. The van der Waals surface area contributed by atoms with Crippen LogP contribution in [0.1, 0.15) is 12.5 Å². The molecule has 0 aromatic heterocycles. The van der Waals surface area contributed by atoms with Crippen LogP contribution in [0.5, 0.6) is 5.75 Å². The average Bonchev–Trinajstić information content (AvgIpc) is 2.33. The van der Waals surface area contributed by atoms with Gasteiger partial charge in [0.15, 0.2) is 0 Å². The van der Waals surface area contributed by atoms with Crippen LogP contribution in [0.3, 0.4) is 0 Å². The molecule has 0 saturated heterocycles. The number of hydrogen-bond acceptors (Lipinski definition) is 2. The Kier molecular flexibility index (Phi) is 3.64. The summed E-state index contributed by atoms with van der Waals surface area (Å²) in [7, 11) is 0. The second-order valence-electron chi connectivity index (χ2n) is 3.90. The summed E-state index contributed by atoms with van der Waals surface area (Å²) < 4.78 is 5.50. The van der Waals surface area contributed by atoms with Gasteiger partial charge in [0, 0.05) is 21.7 Å². The second-order valence-corrected chi connectivity index (χ2v) is 4.72. The molecule has 0 saturated carbocycles. The van der Waals surface area contributed by atoms with E-state index in [2.05, 4.69) is 0 Å². The fraction of sp³-hybridized carbons (Fsp3) is 0.154. The Labute approximate surface area is 114 Å². The maximum absolute atomic E-state index is 10.8. The van der Waals surface area contributed by atoms with Gasteiger partial charge >= 0.3 is 5.97 Å². The van der Waals surface area contributed by atoms with Crippen molar-refractivity contribution in [2.24, 2.45) is 0 Å².